The van der Waals surface area contributed by atoms with Crippen LogP contribution >= 0.6 is 0 Å². The largest absolute Gasteiger partial charge is 0.494 e. The molecule has 0 aliphatic rings. The Morgan fingerprint density at radius 2 is 1.59 bits per heavy atom. The van der Waals surface area contributed by atoms with Crippen molar-refractivity contribution in [2.45, 2.75) is 11.3 Å². The van der Waals surface area contributed by atoms with Gasteiger partial charge in [-0.1, -0.05) is 6.07 Å². The van der Waals surface area contributed by atoms with Gasteiger partial charge in [0.15, 0.2) is 21.4 Å². The van der Waals surface area contributed by atoms with Crippen molar-refractivity contribution in [3.8, 4) is 11.4 Å². The Hall–Kier alpha value is -3.07. The molecule has 0 saturated heterocycles. The third-order valence-corrected chi connectivity index (χ3v) is 5.83. The molecule has 5 nitrogen and oxygen atoms in total. The van der Waals surface area contributed by atoms with Crippen LogP contribution in [0.2, 0.25) is 0 Å². The zero-order valence-electron chi connectivity index (χ0n) is 15.4. The van der Waals surface area contributed by atoms with Crippen LogP contribution in [0, 0.1) is 5.82 Å². The van der Waals surface area contributed by atoms with Crippen LogP contribution in [0.5, 0.6) is 5.75 Å². The maximum atomic E-state index is 14.7. The fourth-order valence-electron chi connectivity index (χ4n) is 3.32. The summed E-state index contributed by atoms with van der Waals surface area (Å²) in [6, 6.07) is 11.5. The molecular formula is C20H15F3N2O3S. The summed E-state index contributed by atoms with van der Waals surface area (Å²) in [5.41, 5.74) is 0.231. The molecule has 4 rings (SSSR count). The van der Waals surface area contributed by atoms with Gasteiger partial charge in [-0.3, -0.25) is 0 Å². The van der Waals surface area contributed by atoms with E-state index in [1.54, 1.807) is 6.07 Å². The molecule has 9 heteroatoms. The Morgan fingerprint density at radius 3 is 2.17 bits per heavy atom. The van der Waals surface area contributed by atoms with Crippen molar-refractivity contribution in [1.29, 1.82) is 0 Å². The molecule has 0 spiro atoms. The van der Waals surface area contributed by atoms with E-state index in [9.17, 15) is 21.6 Å². The number of methoxy groups -OCH3 is 1. The minimum Gasteiger partial charge on any atom is -0.494 e. The van der Waals surface area contributed by atoms with Crippen molar-refractivity contribution in [2.75, 3.05) is 13.4 Å². The van der Waals surface area contributed by atoms with Crippen molar-refractivity contribution in [3.05, 3.63) is 60.0 Å². The average molecular weight is 420 g/mol. The molecule has 1 heterocycles. The number of ether oxygens (including phenoxy) is 1. The highest BCUT2D eigenvalue weighted by atomic mass is 32.2. The van der Waals surface area contributed by atoms with Crippen LogP contribution in [0.3, 0.4) is 0 Å². The number of nitrogens with zero attached hydrogens (tertiary/aromatic N) is 2. The normalized spacial score (nSPS) is 12.2. The Kier molecular flexibility index (Phi) is 4.49. The van der Waals surface area contributed by atoms with Gasteiger partial charge in [0.2, 0.25) is 0 Å². The van der Waals surface area contributed by atoms with E-state index >= 15 is 0 Å². The van der Waals surface area contributed by atoms with Gasteiger partial charge >= 0.3 is 0 Å². The van der Waals surface area contributed by atoms with Gasteiger partial charge in [-0.05, 0) is 42.5 Å². The highest BCUT2D eigenvalue weighted by Gasteiger charge is 2.22. The molecule has 0 amide bonds. The quantitative estimate of drug-likeness (QED) is 0.482. The Morgan fingerprint density at radius 1 is 0.966 bits per heavy atom. The number of hydrogen-bond donors (Lipinski definition) is 0. The second-order valence-corrected chi connectivity index (χ2v) is 8.52. The van der Waals surface area contributed by atoms with E-state index in [1.165, 1.54) is 54.3 Å². The number of hydrogen-bond acceptors (Lipinski definition) is 4. The summed E-state index contributed by atoms with van der Waals surface area (Å²) < 4.78 is 71.5. The van der Waals surface area contributed by atoms with E-state index in [0.717, 1.165) is 6.26 Å². The molecule has 4 aromatic rings. The molecule has 150 valence electrons. The van der Waals surface area contributed by atoms with Crippen molar-refractivity contribution in [3.63, 3.8) is 0 Å². The predicted octanol–water partition coefficient (Wildman–Crippen LogP) is 4.67. The van der Waals surface area contributed by atoms with E-state index in [4.69, 9.17) is 4.74 Å². The van der Waals surface area contributed by atoms with E-state index in [0.29, 0.717) is 16.6 Å². The first-order chi connectivity index (χ1) is 13.7. The summed E-state index contributed by atoms with van der Waals surface area (Å²) in [6.45, 7) is 0. The number of fused-ring (bicyclic) bond motifs is 3. The maximum Gasteiger partial charge on any atom is 0.282 e. The lowest BCUT2D eigenvalue weighted by Gasteiger charge is -2.09. The number of alkyl halides is 2. The van der Waals surface area contributed by atoms with Crippen molar-refractivity contribution < 1.29 is 26.3 Å². The second kappa shape index (κ2) is 6.77. The summed E-state index contributed by atoms with van der Waals surface area (Å²) in [5.74, 6) is -0.569. The van der Waals surface area contributed by atoms with Crippen LogP contribution in [-0.4, -0.2) is 31.6 Å². The van der Waals surface area contributed by atoms with Gasteiger partial charge in [0, 0.05) is 22.4 Å². The molecule has 0 saturated carbocycles. The van der Waals surface area contributed by atoms with Gasteiger partial charge in [0.1, 0.15) is 5.69 Å². The van der Waals surface area contributed by atoms with Gasteiger partial charge < -0.3 is 4.74 Å². The first-order valence-corrected chi connectivity index (χ1v) is 10.4. The lowest BCUT2D eigenvalue weighted by atomic mass is 10.0. The standard InChI is InChI=1S/C20H15F3N2O3S/c1-28-16-10-9-14-13(17(16)21)7-8-15-18(20(22)23)24-25(19(14)15)11-3-5-12(6-4-11)29(2,26)27/h3-10,20H,1-2H3. The minimum atomic E-state index is -3.41. The molecule has 29 heavy (non-hydrogen) atoms. The third kappa shape index (κ3) is 3.11. The first-order valence-electron chi connectivity index (χ1n) is 8.49. The molecule has 0 fully saturated rings. The summed E-state index contributed by atoms with van der Waals surface area (Å²) in [6.07, 6.45) is -1.77. The van der Waals surface area contributed by atoms with Crippen LogP contribution in [0.25, 0.3) is 27.4 Å². The number of benzene rings is 3. The van der Waals surface area contributed by atoms with Gasteiger partial charge in [-0.15, -0.1) is 0 Å². The zero-order valence-corrected chi connectivity index (χ0v) is 16.2. The lowest BCUT2D eigenvalue weighted by molar-refractivity contribution is 0.147. The first kappa shape index (κ1) is 19.3. The second-order valence-electron chi connectivity index (χ2n) is 6.50. The molecule has 0 unspecified atom stereocenters. The third-order valence-electron chi connectivity index (χ3n) is 4.70. The molecule has 1 aromatic heterocycles. The van der Waals surface area contributed by atoms with Gasteiger partial charge in [0.05, 0.1) is 23.2 Å². The number of rotatable bonds is 4. The summed E-state index contributed by atoms with van der Waals surface area (Å²) >= 11 is 0. The molecule has 0 aliphatic carbocycles. The van der Waals surface area contributed by atoms with Crippen LogP contribution in [0.1, 0.15) is 12.1 Å². The highest BCUT2D eigenvalue weighted by molar-refractivity contribution is 7.90. The van der Waals surface area contributed by atoms with Crippen LogP contribution in [0.15, 0.2) is 53.4 Å². The molecule has 3 aromatic carbocycles. The molecule has 0 N–H and O–H groups in total. The SMILES string of the molecule is COc1ccc2c(ccc3c(C(F)F)nn(-c4ccc(S(C)(=O)=O)cc4)c32)c1F. The van der Waals surface area contributed by atoms with E-state index in [-0.39, 0.29) is 21.4 Å². The number of aromatic nitrogens is 2. The smallest absolute Gasteiger partial charge is 0.282 e. The van der Waals surface area contributed by atoms with Crippen molar-refractivity contribution in [1.82, 2.24) is 9.78 Å². The molecular weight excluding hydrogens is 405 g/mol. The van der Waals surface area contributed by atoms with E-state index < -0.39 is 27.8 Å². The fraction of sp³-hybridized carbons (Fsp3) is 0.150. The Labute approximate surface area is 164 Å². The Balaban J connectivity index is 2.06. The Bertz CT molecular complexity index is 1350. The lowest BCUT2D eigenvalue weighted by Crippen LogP contribution is -2.01. The fourth-order valence-corrected chi connectivity index (χ4v) is 3.95. The van der Waals surface area contributed by atoms with Crippen LogP contribution < -0.4 is 4.74 Å². The van der Waals surface area contributed by atoms with E-state index in [2.05, 4.69) is 5.10 Å². The minimum absolute atomic E-state index is 0.0366. The number of sulfone groups is 1. The van der Waals surface area contributed by atoms with E-state index in [1.807, 2.05) is 0 Å². The monoisotopic (exact) mass is 420 g/mol. The summed E-state index contributed by atoms with van der Waals surface area (Å²) in [7, 11) is -2.08. The van der Waals surface area contributed by atoms with Gasteiger partial charge in [-0.2, -0.15) is 5.10 Å². The molecule has 0 atom stereocenters. The summed E-state index contributed by atoms with van der Waals surface area (Å²) in [5, 5.41) is 4.80. The number of halogens is 3. The average Bonchev–Trinajstić information content (AvgIpc) is 3.08. The van der Waals surface area contributed by atoms with Crippen molar-refractivity contribution in [2.24, 2.45) is 0 Å². The van der Waals surface area contributed by atoms with Crippen LogP contribution in [-0.2, 0) is 9.84 Å². The maximum absolute atomic E-state index is 14.7. The van der Waals surface area contributed by atoms with Gasteiger partial charge in [-0.25, -0.2) is 26.3 Å². The summed E-state index contributed by atoms with van der Waals surface area (Å²) in [4.78, 5) is 0.0902. The zero-order chi connectivity index (χ0) is 20.9. The highest BCUT2D eigenvalue weighted by Crippen LogP contribution is 2.36. The molecule has 0 radical (unpaired) electrons. The predicted molar refractivity (Wildman–Crippen MR) is 103 cm³/mol. The van der Waals surface area contributed by atoms with Crippen LogP contribution in [0.4, 0.5) is 13.2 Å². The van der Waals surface area contributed by atoms with Gasteiger partial charge in [0.25, 0.3) is 6.43 Å². The topological polar surface area (TPSA) is 61.2 Å². The molecule has 0 aliphatic heterocycles. The molecule has 0 bridgehead atoms. The van der Waals surface area contributed by atoms with Crippen molar-refractivity contribution >= 4 is 31.5 Å².